The van der Waals surface area contributed by atoms with Crippen molar-refractivity contribution < 1.29 is 8.42 Å². The van der Waals surface area contributed by atoms with Gasteiger partial charge in [0.05, 0.1) is 16.5 Å². The molecule has 1 aliphatic carbocycles. The van der Waals surface area contributed by atoms with Crippen LogP contribution in [0.2, 0.25) is 0 Å². The molecule has 1 aromatic rings. The predicted octanol–water partition coefficient (Wildman–Crippen LogP) is 2.68. The lowest BCUT2D eigenvalue weighted by molar-refractivity contribution is 0.250. The van der Waals surface area contributed by atoms with Crippen LogP contribution >= 0.6 is 0 Å². The Morgan fingerprint density at radius 1 is 1.40 bits per heavy atom. The van der Waals surface area contributed by atoms with E-state index in [4.69, 9.17) is 5.26 Å². The summed E-state index contributed by atoms with van der Waals surface area (Å²) in [4.78, 5) is 0.287. The topological polar surface area (TPSA) is 61.2 Å². The largest absolute Gasteiger partial charge is 0.243 e. The molecule has 2 rings (SSSR count). The Labute approximate surface area is 121 Å². The van der Waals surface area contributed by atoms with Crippen LogP contribution in [0.15, 0.2) is 23.1 Å². The zero-order valence-corrected chi connectivity index (χ0v) is 12.8. The van der Waals surface area contributed by atoms with Gasteiger partial charge in [-0.05, 0) is 49.4 Å². The Balaban J connectivity index is 2.27. The number of aryl methyl sites for hydroxylation is 1. The lowest BCUT2D eigenvalue weighted by atomic mass is 9.85. The van der Waals surface area contributed by atoms with E-state index >= 15 is 0 Å². The van der Waals surface area contributed by atoms with Gasteiger partial charge in [0.2, 0.25) is 10.0 Å². The summed E-state index contributed by atoms with van der Waals surface area (Å²) in [7, 11) is -3.45. The van der Waals surface area contributed by atoms with Crippen molar-refractivity contribution in [2.24, 2.45) is 5.92 Å². The van der Waals surface area contributed by atoms with Crippen LogP contribution in [0, 0.1) is 24.2 Å². The average molecular weight is 292 g/mol. The van der Waals surface area contributed by atoms with E-state index < -0.39 is 10.0 Å². The van der Waals surface area contributed by atoms with E-state index in [1.807, 2.05) is 6.92 Å². The predicted molar refractivity (Wildman–Crippen MR) is 77.7 cm³/mol. The Morgan fingerprint density at radius 3 is 2.55 bits per heavy atom. The highest BCUT2D eigenvalue weighted by molar-refractivity contribution is 7.89. The Kier molecular flexibility index (Phi) is 4.46. The van der Waals surface area contributed by atoms with E-state index in [1.165, 1.54) is 12.5 Å². The third kappa shape index (κ3) is 2.87. The zero-order valence-electron chi connectivity index (χ0n) is 12.0. The summed E-state index contributed by atoms with van der Waals surface area (Å²) in [5, 5.41) is 8.92. The number of nitrogens with zero attached hydrogens (tertiary/aromatic N) is 2. The molecule has 0 spiro atoms. The molecule has 0 heterocycles. The number of hydrogen-bond donors (Lipinski definition) is 0. The number of hydrogen-bond acceptors (Lipinski definition) is 3. The van der Waals surface area contributed by atoms with E-state index in [2.05, 4.69) is 6.07 Å². The van der Waals surface area contributed by atoms with Crippen molar-refractivity contribution in [1.82, 2.24) is 4.31 Å². The smallest absolute Gasteiger partial charge is 0.207 e. The van der Waals surface area contributed by atoms with Gasteiger partial charge < -0.3 is 0 Å². The highest BCUT2D eigenvalue weighted by atomic mass is 32.2. The summed E-state index contributed by atoms with van der Waals surface area (Å²) in [6.45, 7) is 4.72. The molecule has 0 atom stereocenters. The van der Waals surface area contributed by atoms with Gasteiger partial charge in [-0.3, -0.25) is 0 Å². The van der Waals surface area contributed by atoms with Gasteiger partial charge in [0.25, 0.3) is 0 Å². The lowest BCUT2D eigenvalue weighted by Crippen LogP contribution is -2.37. The maximum absolute atomic E-state index is 12.6. The van der Waals surface area contributed by atoms with Crippen LogP contribution in [0.4, 0.5) is 0 Å². The van der Waals surface area contributed by atoms with Gasteiger partial charge in [0.15, 0.2) is 0 Å². The molecule has 1 aromatic carbocycles. The molecule has 0 radical (unpaired) electrons. The first-order chi connectivity index (χ1) is 9.48. The highest BCUT2D eigenvalue weighted by Gasteiger charge is 2.28. The molecule has 0 unspecified atom stereocenters. The van der Waals surface area contributed by atoms with E-state index in [1.54, 1.807) is 23.4 Å². The fraction of sp³-hybridized carbons (Fsp3) is 0.533. The van der Waals surface area contributed by atoms with Crippen molar-refractivity contribution in [2.45, 2.75) is 38.0 Å². The first-order valence-electron chi connectivity index (χ1n) is 7.00. The maximum atomic E-state index is 12.6. The molecule has 1 fully saturated rings. The number of rotatable bonds is 5. The van der Waals surface area contributed by atoms with Gasteiger partial charge in [-0.1, -0.05) is 13.3 Å². The number of nitriles is 1. The molecule has 0 amide bonds. The van der Waals surface area contributed by atoms with E-state index in [-0.39, 0.29) is 4.90 Å². The van der Waals surface area contributed by atoms with Crippen molar-refractivity contribution in [2.75, 3.05) is 13.1 Å². The van der Waals surface area contributed by atoms with E-state index in [9.17, 15) is 8.42 Å². The average Bonchev–Trinajstić information content (AvgIpc) is 2.37. The summed E-state index contributed by atoms with van der Waals surface area (Å²) in [6.07, 6.45) is 3.45. The minimum absolute atomic E-state index is 0.287. The molecular weight excluding hydrogens is 272 g/mol. The quantitative estimate of drug-likeness (QED) is 0.838. The third-order valence-corrected chi connectivity index (χ3v) is 5.93. The monoisotopic (exact) mass is 292 g/mol. The molecule has 1 saturated carbocycles. The summed E-state index contributed by atoms with van der Waals surface area (Å²) < 4.78 is 26.8. The summed E-state index contributed by atoms with van der Waals surface area (Å²) in [5.41, 5.74) is 1.22. The second-order valence-corrected chi connectivity index (χ2v) is 7.28. The normalized spacial score (nSPS) is 15.9. The van der Waals surface area contributed by atoms with Gasteiger partial charge in [-0.25, -0.2) is 8.42 Å². The first-order valence-corrected chi connectivity index (χ1v) is 8.44. The molecule has 4 nitrogen and oxygen atoms in total. The molecule has 0 aliphatic heterocycles. The van der Waals surface area contributed by atoms with Gasteiger partial charge in [-0.15, -0.1) is 0 Å². The van der Waals surface area contributed by atoms with E-state index in [0.717, 1.165) is 12.8 Å². The second kappa shape index (κ2) is 5.94. The summed E-state index contributed by atoms with van der Waals surface area (Å²) >= 11 is 0. The summed E-state index contributed by atoms with van der Waals surface area (Å²) in [5.74, 6) is 0.504. The summed E-state index contributed by atoms with van der Waals surface area (Å²) in [6, 6.07) is 6.77. The molecule has 0 saturated heterocycles. The van der Waals surface area contributed by atoms with Crippen molar-refractivity contribution >= 4 is 10.0 Å². The van der Waals surface area contributed by atoms with Crippen LogP contribution in [0.3, 0.4) is 0 Å². The van der Waals surface area contributed by atoms with Crippen molar-refractivity contribution in [1.29, 1.82) is 5.26 Å². The fourth-order valence-electron chi connectivity index (χ4n) is 2.43. The zero-order chi connectivity index (χ0) is 14.8. The van der Waals surface area contributed by atoms with Gasteiger partial charge in [0, 0.05) is 13.1 Å². The Bertz CT molecular complexity index is 628. The second-order valence-electron chi connectivity index (χ2n) is 5.34. The molecule has 0 bridgehead atoms. The Morgan fingerprint density at radius 2 is 2.10 bits per heavy atom. The van der Waals surface area contributed by atoms with Gasteiger partial charge >= 0.3 is 0 Å². The molecule has 0 N–H and O–H groups in total. The third-order valence-electron chi connectivity index (χ3n) is 4.00. The molecular formula is C15H20N2O2S. The fourth-order valence-corrected chi connectivity index (χ4v) is 4.04. The first kappa shape index (κ1) is 15.0. The van der Waals surface area contributed by atoms with Crippen LogP contribution in [0.1, 0.15) is 37.3 Å². The van der Waals surface area contributed by atoms with Crippen LogP contribution in [-0.4, -0.2) is 25.8 Å². The standard InChI is InChI=1S/C15H20N2O2S/c1-3-17(11-13-5-4-6-13)20(18,19)15-8-7-14(10-16)12(2)9-15/h7-9,13H,3-6,11H2,1-2H3. The SMILES string of the molecule is CCN(CC1CCC1)S(=O)(=O)c1ccc(C#N)c(C)c1. The Hall–Kier alpha value is -1.38. The van der Waals surface area contributed by atoms with E-state index in [0.29, 0.717) is 30.1 Å². The van der Waals surface area contributed by atoms with Crippen LogP contribution in [0.5, 0.6) is 0 Å². The molecule has 20 heavy (non-hydrogen) atoms. The van der Waals surface area contributed by atoms with Crippen LogP contribution in [-0.2, 0) is 10.0 Å². The molecule has 5 heteroatoms. The molecule has 0 aromatic heterocycles. The van der Waals surface area contributed by atoms with Crippen molar-refractivity contribution in [3.05, 3.63) is 29.3 Å². The van der Waals surface area contributed by atoms with Gasteiger partial charge in [0.1, 0.15) is 0 Å². The molecule has 1 aliphatic rings. The van der Waals surface area contributed by atoms with Crippen molar-refractivity contribution in [3.63, 3.8) is 0 Å². The number of benzene rings is 1. The van der Waals surface area contributed by atoms with Crippen LogP contribution in [0.25, 0.3) is 0 Å². The highest BCUT2D eigenvalue weighted by Crippen LogP contribution is 2.29. The molecule has 108 valence electrons. The number of sulfonamides is 1. The van der Waals surface area contributed by atoms with Crippen molar-refractivity contribution in [3.8, 4) is 6.07 Å². The van der Waals surface area contributed by atoms with Gasteiger partial charge in [-0.2, -0.15) is 9.57 Å². The van der Waals surface area contributed by atoms with Crippen LogP contribution < -0.4 is 0 Å². The minimum atomic E-state index is -3.45. The minimum Gasteiger partial charge on any atom is -0.207 e. The maximum Gasteiger partial charge on any atom is 0.243 e. The lowest BCUT2D eigenvalue weighted by Gasteiger charge is -2.31.